The fraction of sp³-hybridized carbons (Fsp3) is 0.200. The van der Waals surface area contributed by atoms with Crippen LogP contribution in [0.1, 0.15) is 22.5 Å². The number of amides is 1. The predicted octanol–water partition coefficient (Wildman–Crippen LogP) is 5.23. The SMILES string of the molecule is Cc1cccc(C)c1OCCOc1ccc(/C=C(\C#N)C(=O)NCc2ccco2)cc1Cl. The zero-order chi connectivity index (χ0) is 22.9. The van der Waals surface area contributed by atoms with Crippen molar-refractivity contribution in [3.8, 4) is 17.6 Å². The van der Waals surface area contributed by atoms with Crippen molar-refractivity contribution in [1.29, 1.82) is 5.26 Å². The van der Waals surface area contributed by atoms with Gasteiger partial charge >= 0.3 is 0 Å². The van der Waals surface area contributed by atoms with E-state index in [1.54, 1.807) is 30.3 Å². The molecule has 32 heavy (non-hydrogen) atoms. The van der Waals surface area contributed by atoms with Crippen LogP contribution in [-0.4, -0.2) is 19.1 Å². The normalized spacial score (nSPS) is 11.0. The summed E-state index contributed by atoms with van der Waals surface area (Å²) in [5.41, 5.74) is 2.71. The molecule has 0 bridgehead atoms. The van der Waals surface area contributed by atoms with Crippen LogP contribution in [0.4, 0.5) is 0 Å². The predicted molar refractivity (Wildman–Crippen MR) is 123 cm³/mol. The van der Waals surface area contributed by atoms with Crippen molar-refractivity contribution in [3.63, 3.8) is 0 Å². The minimum absolute atomic E-state index is 0.0386. The number of benzene rings is 2. The highest BCUT2D eigenvalue weighted by atomic mass is 35.5. The van der Waals surface area contributed by atoms with Crippen LogP contribution in [0.25, 0.3) is 6.08 Å². The molecule has 0 spiro atoms. The summed E-state index contributed by atoms with van der Waals surface area (Å²) in [5, 5.41) is 12.4. The molecule has 0 aliphatic rings. The number of aryl methyl sites for hydroxylation is 2. The number of halogens is 1. The number of rotatable bonds is 9. The van der Waals surface area contributed by atoms with Crippen LogP contribution in [-0.2, 0) is 11.3 Å². The Labute approximate surface area is 192 Å². The maximum absolute atomic E-state index is 12.2. The molecule has 0 atom stereocenters. The summed E-state index contributed by atoms with van der Waals surface area (Å²) in [6.45, 7) is 4.89. The summed E-state index contributed by atoms with van der Waals surface area (Å²) in [6, 6.07) is 16.4. The number of furan rings is 1. The van der Waals surface area contributed by atoms with Crippen LogP contribution in [0.15, 0.2) is 64.8 Å². The van der Waals surface area contributed by atoms with E-state index in [1.165, 1.54) is 12.3 Å². The third-order valence-corrected chi connectivity index (χ3v) is 4.93. The van der Waals surface area contributed by atoms with Crippen molar-refractivity contribution in [2.75, 3.05) is 13.2 Å². The Bertz CT molecular complexity index is 1130. The average Bonchev–Trinajstić information content (AvgIpc) is 3.30. The van der Waals surface area contributed by atoms with Gasteiger partial charge in [-0.1, -0.05) is 35.9 Å². The summed E-state index contributed by atoms with van der Waals surface area (Å²) >= 11 is 6.32. The zero-order valence-corrected chi connectivity index (χ0v) is 18.6. The summed E-state index contributed by atoms with van der Waals surface area (Å²) in [4.78, 5) is 12.2. The number of hydrogen-bond acceptors (Lipinski definition) is 5. The lowest BCUT2D eigenvalue weighted by Gasteiger charge is -2.13. The van der Waals surface area contributed by atoms with E-state index in [9.17, 15) is 10.1 Å². The number of nitrogens with one attached hydrogen (secondary N) is 1. The van der Waals surface area contributed by atoms with Gasteiger partial charge in [0.05, 0.1) is 17.8 Å². The molecule has 0 aliphatic carbocycles. The minimum Gasteiger partial charge on any atom is -0.489 e. The molecular weight excluding hydrogens is 428 g/mol. The molecule has 0 fully saturated rings. The molecule has 1 amide bonds. The summed E-state index contributed by atoms with van der Waals surface area (Å²) < 4.78 is 16.7. The lowest BCUT2D eigenvalue weighted by Crippen LogP contribution is -2.23. The van der Waals surface area contributed by atoms with E-state index in [4.69, 9.17) is 25.5 Å². The van der Waals surface area contributed by atoms with E-state index in [0.29, 0.717) is 35.3 Å². The molecule has 164 valence electrons. The van der Waals surface area contributed by atoms with Gasteiger partial charge in [0.1, 0.15) is 42.1 Å². The summed E-state index contributed by atoms with van der Waals surface area (Å²) in [5.74, 6) is 1.46. The Morgan fingerprint density at radius 2 is 1.88 bits per heavy atom. The average molecular weight is 451 g/mol. The molecule has 7 heteroatoms. The van der Waals surface area contributed by atoms with E-state index in [0.717, 1.165) is 16.9 Å². The number of ether oxygens (including phenoxy) is 2. The van der Waals surface area contributed by atoms with Gasteiger partial charge < -0.3 is 19.2 Å². The van der Waals surface area contributed by atoms with E-state index < -0.39 is 5.91 Å². The van der Waals surface area contributed by atoms with Gasteiger partial charge in [0.2, 0.25) is 0 Å². The number of nitrogens with zero attached hydrogens (tertiary/aromatic N) is 1. The first-order chi connectivity index (χ1) is 15.5. The first-order valence-electron chi connectivity index (χ1n) is 10.0. The first kappa shape index (κ1) is 23.0. The summed E-state index contributed by atoms with van der Waals surface area (Å²) in [7, 11) is 0. The molecule has 1 heterocycles. The van der Waals surface area contributed by atoms with Gasteiger partial charge in [-0.2, -0.15) is 5.26 Å². The second-order valence-corrected chi connectivity index (χ2v) is 7.45. The largest absolute Gasteiger partial charge is 0.489 e. The lowest BCUT2D eigenvalue weighted by atomic mass is 10.1. The van der Waals surface area contributed by atoms with Gasteiger partial charge in [-0.25, -0.2) is 0 Å². The highest BCUT2D eigenvalue weighted by Gasteiger charge is 2.11. The first-order valence-corrected chi connectivity index (χ1v) is 10.4. The Hall–Kier alpha value is -3.69. The maximum Gasteiger partial charge on any atom is 0.262 e. The topological polar surface area (TPSA) is 84.5 Å². The molecule has 0 aliphatic heterocycles. The van der Waals surface area contributed by atoms with Gasteiger partial charge in [-0.3, -0.25) is 4.79 Å². The van der Waals surface area contributed by atoms with Crippen molar-refractivity contribution < 1.29 is 18.7 Å². The molecule has 0 unspecified atom stereocenters. The van der Waals surface area contributed by atoms with Gasteiger partial charge in [0.25, 0.3) is 5.91 Å². The van der Waals surface area contributed by atoms with E-state index in [2.05, 4.69) is 5.32 Å². The fourth-order valence-electron chi connectivity index (χ4n) is 3.04. The lowest BCUT2D eigenvalue weighted by molar-refractivity contribution is -0.117. The van der Waals surface area contributed by atoms with E-state index in [-0.39, 0.29) is 12.1 Å². The second kappa shape index (κ2) is 11.1. The van der Waals surface area contributed by atoms with Crippen molar-refractivity contribution in [1.82, 2.24) is 5.32 Å². The van der Waals surface area contributed by atoms with Crippen LogP contribution in [0, 0.1) is 25.2 Å². The van der Waals surface area contributed by atoms with E-state index in [1.807, 2.05) is 38.1 Å². The number of para-hydroxylation sites is 1. The van der Waals surface area contributed by atoms with Gasteiger partial charge in [-0.05, 0) is 60.9 Å². The smallest absolute Gasteiger partial charge is 0.262 e. The third kappa shape index (κ3) is 6.16. The molecule has 3 rings (SSSR count). The van der Waals surface area contributed by atoms with Gasteiger partial charge in [-0.15, -0.1) is 0 Å². The molecular formula is C25H23ClN2O4. The van der Waals surface area contributed by atoms with E-state index >= 15 is 0 Å². The molecule has 2 aromatic carbocycles. The molecule has 0 saturated heterocycles. The number of nitriles is 1. The molecule has 0 radical (unpaired) electrons. The Morgan fingerprint density at radius 1 is 1.12 bits per heavy atom. The summed E-state index contributed by atoms with van der Waals surface area (Å²) in [6.07, 6.45) is 2.99. The van der Waals surface area contributed by atoms with Crippen molar-refractivity contribution in [2.45, 2.75) is 20.4 Å². The minimum atomic E-state index is -0.496. The van der Waals surface area contributed by atoms with Gasteiger partial charge in [0.15, 0.2) is 0 Å². The highest BCUT2D eigenvalue weighted by molar-refractivity contribution is 6.32. The fourth-order valence-corrected chi connectivity index (χ4v) is 3.28. The highest BCUT2D eigenvalue weighted by Crippen LogP contribution is 2.27. The maximum atomic E-state index is 12.2. The van der Waals surface area contributed by atoms with Crippen molar-refractivity contribution in [2.24, 2.45) is 0 Å². The standard InChI is InChI=1S/C25H23ClN2O4/c1-17-5-3-6-18(2)24(17)32-12-11-31-23-9-8-19(14-22(23)26)13-20(15-27)25(29)28-16-21-7-4-10-30-21/h3-10,13-14H,11-12,16H2,1-2H3,(H,28,29)/b20-13+. The van der Waals surface area contributed by atoms with Crippen LogP contribution >= 0.6 is 11.6 Å². The molecule has 3 aromatic rings. The molecule has 0 saturated carbocycles. The Morgan fingerprint density at radius 3 is 2.53 bits per heavy atom. The quantitative estimate of drug-likeness (QED) is 0.274. The van der Waals surface area contributed by atoms with Crippen molar-refractivity contribution >= 4 is 23.6 Å². The van der Waals surface area contributed by atoms with Crippen LogP contribution in [0.5, 0.6) is 11.5 Å². The molecule has 1 N–H and O–H groups in total. The monoisotopic (exact) mass is 450 g/mol. The zero-order valence-electron chi connectivity index (χ0n) is 17.9. The molecule has 1 aromatic heterocycles. The Balaban J connectivity index is 1.56. The number of hydrogen-bond donors (Lipinski definition) is 1. The number of carbonyl (C=O) groups is 1. The van der Waals surface area contributed by atoms with Crippen molar-refractivity contribution in [3.05, 3.63) is 87.8 Å². The Kier molecular flexibility index (Phi) is 7.96. The second-order valence-electron chi connectivity index (χ2n) is 7.04. The van der Waals surface area contributed by atoms with Crippen LogP contribution in [0.2, 0.25) is 5.02 Å². The third-order valence-electron chi connectivity index (χ3n) is 4.63. The molecule has 6 nitrogen and oxygen atoms in total. The van der Waals surface area contributed by atoms with Crippen LogP contribution in [0.3, 0.4) is 0 Å². The number of carbonyl (C=O) groups excluding carboxylic acids is 1. The van der Waals surface area contributed by atoms with Crippen LogP contribution < -0.4 is 14.8 Å². The van der Waals surface area contributed by atoms with Gasteiger partial charge in [0, 0.05) is 0 Å².